The fourth-order valence-electron chi connectivity index (χ4n) is 2.00. The van der Waals surface area contributed by atoms with E-state index in [1.165, 1.54) is 0 Å². The molecule has 1 N–H and O–H groups in total. The number of nitro benzene ring substituents is 1. The number of benzene rings is 1. The standard InChI is InChI=1S/C11H15N3O2/c1-13-8-2-7-12-11(13)9-3-5-10(6-4-9)14(15)16/h3-6,11-12H,2,7-8H2,1H3. The number of nitrogens with zero attached hydrogens (tertiary/aromatic N) is 2. The average molecular weight is 221 g/mol. The first-order valence-electron chi connectivity index (χ1n) is 5.36. The second kappa shape index (κ2) is 4.59. The first-order chi connectivity index (χ1) is 7.68. The van der Waals surface area contributed by atoms with E-state index in [1.54, 1.807) is 12.1 Å². The highest BCUT2D eigenvalue weighted by Gasteiger charge is 2.20. The molecule has 0 aromatic heterocycles. The van der Waals surface area contributed by atoms with Crippen LogP contribution in [-0.2, 0) is 0 Å². The van der Waals surface area contributed by atoms with Gasteiger partial charge >= 0.3 is 0 Å². The van der Waals surface area contributed by atoms with Crippen molar-refractivity contribution in [1.29, 1.82) is 0 Å². The SMILES string of the molecule is CN1CCCNC1c1ccc([N+](=O)[O-])cc1. The molecule has 0 spiro atoms. The van der Waals surface area contributed by atoms with Crippen LogP contribution in [0.15, 0.2) is 24.3 Å². The van der Waals surface area contributed by atoms with Crippen molar-refractivity contribution in [2.24, 2.45) is 0 Å². The van der Waals surface area contributed by atoms with Crippen LogP contribution in [0.5, 0.6) is 0 Å². The Morgan fingerprint density at radius 3 is 2.69 bits per heavy atom. The third-order valence-corrected chi connectivity index (χ3v) is 2.89. The van der Waals surface area contributed by atoms with Gasteiger partial charge in [0.25, 0.3) is 5.69 Å². The van der Waals surface area contributed by atoms with Gasteiger partial charge in [-0.3, -0.25) is 20.3 Å². The molecular formula is C11H15N3O2. The Morgan fingerprint density at radius 1 is 1.44 bits per heavy atom. The highest BCUT2D eigenvalue weighted by Crippen LogP contribution is 2.21. The number of non-ortho nitro benzene ring substituents is 1. The molecule has 1 fully saturated rings. The lowest BCUT2D eigenvalue weighted by Crippen LogP contribution is -2.42. The van der Waals surface area contributed by atoms with Crippen LogP contribution in [-0.4, -0.2) is 30.0 Å². The van der Waals surface area contributed by atoms with Crippen molar-refractivity contribution in [3.63, 3.8) is 0 Å². The Balaban J connectivity index is 2.17. The molecule has 0 bridgehead atoms. The fraction of sp³-hybridized carbons (Fsp3) is 0.455. The van der Waals surface area contributed by atoms with Gasteiger partial charge < -0.3 is 0 Å². The van der Waals surface area contributed by atoms with Crippen LogP contribution in [0.2, 0.25) is 0 Å². The molecule has 1 aromatic carbocycles. The predicted molar refractivity (Wildman–Crippen MR) is 61.1 cm³/mol. The summed E-state index contributed by atoms with van der Waals surface area (Å²) in [7, 11) is 2.05. The predicted octanol–water partition coefficient (Wildman–Crippen LogP) is 1.52. The zero-order chi connectivity index (χ0) is 11.5. The Bertz CT molecular complexity index is 377. The van der Waals surface area contributed by atoms with Gasteiger partial charge in [0, 0.05) is 18.7 Å². The summed E-state index contributed by atoms with van der Waals surface area (Å²) < 4.78 is 0. The molecule has 1 heterocycles. The van der Waals surface area contributed by atoms with E-state index in [4.69, 9.17) is 0 Å². The van der Waals surface area contributed by atoms with Crippen molar-refractivity contribution in [1.82, 2.24) is 10.2 Å². The van der Waals surface area contributed by atoms with E-state index < -0.39 is 0 Å². The van der Waals surface area contributed by atoms with Crippen molar-refractivity contribution < 1.29 is 4.92 Å². The molecule has 1 aromatic rings. The first-order valence-corrected chi connectivity index (χ1v) is 5.36. The largest absolute Gasteiger partial charge is 0.298 e. The topological polar surface area (TPSA) is 58.4 Å². The van der Waals surface area contributed by atoms with Crippen LogP contribution in [0.1, 0.15) is 18.2 Å². The number of nitrogens with one attached hydrogen (secondary N) is 1. The van der Waals surface area contributed by atoms with E-state index in [1.807, 2.05) is 12.1 Å². The molecule has 16 heavy (non-hydrogen) atoms. The third kappa shape index (κ3) is 2.20. The minimum atomic E-state index is -0.373. The lowest BCUT2D eigenvalue weighted by molar-refractivity contribution is -0.384. The second-order valence-corrected chi connectivity index (χ2v) is 4.04. The summed E-state index contributed by atoms with van der Waals surface area (Å²) in [5.74, 6) is 0. The van der Waals surface area contributed by atoms with Crippen LogP contribution >= 0.6 is 0 Å². The van der Waals surface area contributed by atoms with Gasteiger partial charge in [-0.1, -0.05) is 0 Å². The zero-order valence-corrected chi connectivity index (χ0v) is 9.22. The second-order valence-electron chi connectivity index (χ2n) is 4.04. The maximum absolute atomic E-state index is 10.5. The van der Waals surface area contributed by atoms with Gasteiger partial charge in [-0.15, -0.1) is 0 Å². The fourth-order valence-corrected chi connectivity index (χ4v) is 2.00. The number of nitro groups is 1. The molecule has 86 valence electrons. The molecule has 1 unspecified atom stereocenters. The van der Waals surface area contributed by atoms with Gasteiger partial charge in [-0.25, -0.2) is 0 Å². The summed E-state index contributed by atoms with van der Waals surface area (Å²) in [6.07, 6.45) is 1.31. The molecule has 1 aliphatic heterocycles. The Morgan fingerprint density at radius 2 is 2.12 bits per heavy atom. The summed E-state index contributed by atoms with van der Waals surface area (Å²) in [5.41, 5.74) is 1.22. The highest BCUT2D eigenvalue weighted by molar-refractivity contribution is 5.34. The molecule has 0 amide bonds. The summed E-state index contributed by atoms with van der Waals surface area (Å²) >= 11 is 0. The first kappa shape index (κ1) is 11.0. The van der Waals surface area contributed by atoms with Gasteiger partial charge in [0.1, 0.15) is 0 Å². The van der Waals surface area contributed by atoms with Crippen molar-refractivity contribution in [3.05, 3.63) is 39.9 Å². The van der Waals surface area contributed by atoms with Crippen LogP contribution in [0.4, 0.5) is 5.69 Å². The van der Waals surface area contributed by atoms with Crippen LogP contribution in [0.3, 0.4) is 0 Å². The monoisotopic (exact) mass is 221 g/mol. The molecule has 1 saturated heterocycles. The smallest absolute Gasteiger partial charge is 0.269 e. The lowest BCUT2D eigenvalue weighted by atomic mass is 10.1. The molecule has 0 saturated carbocycles. The van der Waals surface area contributed by atoms with Crippen molar-refractivity contribution in [2.45, 2.75) is 12.6 Å². The molecule has 0 radical (unpaired) electrons. The summed E-state index contributed by atoms with van der Waals surface area (Å²) in [4.78, 5) is 12.4. The Kier molecular flexibility index (Phi) is 3.17. The lowest BCUT2D eigenvalue weighted by Gasteiger charge is -2.33. The third-order valence-electron chi connectivity index (χ3n) is 2.89. The summed E-state index contributed by atoms with van der Waals surface area (Å²) in [6, 6.07) is 6.74. The highest BCUT2D eigenvalue weighted by atomic mass is 16.6. The van der Waals surface area contributed by atoms with Gasteiger partial charge in [0.15, 0.2) is 0 Å². The van der Waals surface area contributed by atoms with Crippen LogP contribution in [0, 0.1) is 10.1 Å². The number of hydrogen-bond acceptors (Lipinski definition) is 4. The Hall–Kier alpha value is -1.46. The van der Waals surface area contributed by atoms with Gasteiger partial charge in [-0.05, 0) is 37.7 Å². The molecule has 2 rings (SSSR count). The number of rotatable bonds is 2. The van der Waals surface area contributed by atoms with Crippen molar-refractivity contribution >= 4 is 5.69 Å². The zero-order valence-electron chi connectivity index (χ0n) is 9.22. The van der Waals surface area contributed by atoms with Crippen LogP contribution < -0.4 is 5.32 Å². The number of hydrogen-bond donors (Lipinski definition) is 1. The molecular weight excluding hydrogens is 206 g/mol. The minimum Gasteiger partial charge on any atom is -0.298 e. The maximum Gasteiger partial charge on any atom is 0.269 e. The molecule has 5 nitrogen and oxygen atoms in total. The summed E-state index contributed by atoms with van der Waals surface area (Å²) in [5, 5.41) is 13.9. The van der Waals surface area contributed by atoms with Gasteiger partial charge in [0.2, 0.25) is 0 Å². The van der Waals surface area contributed by atoms with E-state index >= 15 is 0 Å². The van der Waals surface area contributed by atoms with Crippen LogP contribution in [0.25, 0.3) is 0 Å². The Labute approximate surface area is 94.2 Å². The minimum absolute atomic E-state index is 0.141. The molecule has 1 atom stereocenters. The molecule has 5 heteroatoms. The van der Waals surface area contributed by atoms with E-state index in [9.17, 15) is 10.1 Å². The van der Waals surface area contributed by atoms with Crippen molar-refractivity contribution in [2.75, 3.05) is 20.1 Å². The maximum atomic E-state index is 10.5. The van der Waals surface area contributed by atoms with E-state index in [0.29, 0.717) is 0 Å². The normalized spacial score (nSPS) is 21.9. The molecule has 1 aliphatic rings. The quantitative estimate of drug-likeness (QED) is 0.607. The van der Waals surface area contributed by atoms with Gasteiger partial charge in [-0.2, -0.15) is 0 Å². The van der Waals surface area contributed by atoms with E-state index in [0.717, 1.165) is 25.1 Å². The molecule has 0 aliphatic carbocycles. The van der Waals surface area contributed by atoms with Gasteiger partial charge in [0.05, 0.1) is 11.1 Å². The average Bonchev–Trinajstić information content (AvgIpc) is 2.30. The summed E-state index contributed by atoms with van der Waals surface area (Å²) in [6.45, 7) is 2.04. The van der Waals surface area contributed by atoms with Crippen molar-refractivity contribution in [3.8, 4) is 0 Å². The van der Waals surface area contributed by atoms with E-state index in [-0.39, 0.29) is 16.8 Å². The van der Waals surface area contributed by atoms with E-state index in [2.05, 4.69) is 17.3 Å².